The highest BCUT2D eigenvalue weighted by atomic mass is 19.1. The van der Waals surface area contributed by atoms with Gasteiger partial charge in [-0.1, -0.05) is 0 Å². The lowest BCUT2D eigenvalue weighted by Crippen LogP contribution is -2.39. The summed E-state index contributed by atoms with van der Waals surface area (Å²) in [5.41, 5.74) is 1.17. The molecule has 0 radical (unpaired) electrons. The number of amides is 2. The van der Waals surface area contributed by atoms with Crippen LogP contribution in [0.15, 0.2) is 18.2 Å². The summed E-state index contributed by atoms with van der Waals surface area (Å²) in [7, 11) is 0. The van der Waals surface area contributed by atoms with Gasteiger partial charge < -0.3 is 15.3 Å². The minimum Gasteiger partial charge on any atom is -0.481 e. The van der Waals surface area contributed by atoms with E-state index in [1.165, 1.54) is 23.1 Å². The standard InChI is InChI=1S/C14H17FN2O3/c1-9-7-10(15)4-5-12(9)16-14(20)17-6-2-3-11(17)8-13(18)19/h4-5,7,11H,2-3,6,8H2,1H3,(H,16,20)(H,18,19). The van der Waals surface area contributed by atoms with Crippen LogP contribution in [0, 0.1) is 12.7 Å². The van der Waals surface area contributed by atoms with E-state index in [9.17, 15) is 14.0 Å². The highest BCUT2D eigenvalue weighted by Gasteiger charge is 2.30. The fourth-order valence-corrected chi connectivity index (χ4v) is 2.47. The number of likely N-dealkylation sites (tertiary alicyclic amines) is 1. The first-order valence-electron chi connectivity index (χ1n) is 6.53. The lowest BCUT2D eigenvalue weighted by molar-refractivity contribution is -0.137. The van der Waals surface area contributed by atoms with Crippen LogP contribution in [0.4, 0.5) is 14.9 Å². The van der Waals surface area contributed by atoms with E-state index in [4.69, 9.17) is 5.11 Å². The van der Waals surface area contributed by atoms with Crippen LogP contribution in [0.3, 0.4) is 0 Å². The molecular weight excluding hydrogens is 263 g/mol. The highest BCUT2D eigenvalue weighted by molar-refractivity contribution is 5.90. The van der Waals surface area contributed by atoms with Crippen LogP contribution in [0.1, 0.15) is 24.8 Å². The fraction of sp³-hybridized carbons (Fsp3) is 0.429. The average molecular weight is 280 g/mol. The van der Waals surface area contributed by atoms with E-state index >= 15 is 0 Å². The maximum Gasteiger partial charge on any atom is 0.322 e. The van der Waals surface area contributed by atoms with Gasteiger partial charge in [-0.25, -0.2) is 9.18 Å². The molecule has 20 heavy (non-hydrogen) atoms. The number of aliphatic carboxylic acids is 1. The van der Waals surface area contributed by atoms with Crippen molar-refractivity contribution in [3.8, 4) is 0 Å². The minimum atomic E-state index is -0.910. The molecule has 1 heterocycles. The maximum absolute atomic E-state index is 13.0. The van der Waals surface area contributed by atoms with Crippen molar-refractivity contribution in [3.63, 3.8) is 0 Å². The van der Waals surface area contributed by atoms with Gasteiger partial charge in [-0.2, -0.15) is 0 Å². The lowest BCUT2D eigenvalue weighted by atomic mass is 10.1. The molecule has 6 heteroatoms. The maximum atomic E-state index is 13.0. The summed E-state index contributed by atoms with van der Waals surface area (Å²) in [6, 6.07) is 3.53. The lowest BCUT2D eigenvalue weighted by Gasteiger charge is -2.24. The molecule has 2 rings (SSSR count). The monoisotopic (exact) mass is 280 g/mol. The average Bonchev–Trinajstić information content (AvgIpc) is 2.80. The second-order valence-electron chi connectivity index (χ2n) is 4.98. The summed E-state index contributed by atoms with van der Waals surface area (Å²) in [6.45, 7) is 2.25. The number of hydrogen-bond donors (Lipinski definition) is 2. The summed E-state index contributed by atoms with van der Waals surface area (Å²) < 4.78 is 13.0. The van der Waals surface area contributed by atoms with E-state index in [0.29, 0.717) is 24.2 Å². The Labute approximate surface area is 116 Å². The second-order valence-corrected chi connectivity index (χ2v) is 4.98. The van der Waals surface area contributed by atoms with Crippen molar-refractivity contribution < 1.29 is 19.1 Å². The predicted octanol–water partition coefficient (Wildman–Crippen LogP) is 2.61. The van der Waals surface area contributed by atoms with Gasteiger partial charge in [0.25, 0.3) is 0 Å². The second kappa shape index (κ2) is 5.90. The molecule has 0 aliphatic carbocycles. The molecule has 1 aliphatic rings. The summed E-state index contributed by atoms with van der Waals surface area (Å²) in [6.07, 6.45) is 1.45. The first-order valence-corrected chi connectivity index (χ1v) is 6.53. The smallest absolute Gasteiger partial charge is 0.322 e. The molecule has 108 valence electrons. The van der Waals surface area contributed by atoms with Crippen molar-refractivity contribution in [2.24, 2.45) is 0 Å². The minimum absolute atomic E-state index is 0.0458. The molecule has 5 nitrogen and oxygen atoms in total. The van der Waals surface area contributed by atoms with Gasteiger partial charge >= 0.3 is 12.0 Å². The number of benzene rings is 1. The van der Waals surface area contributed by atoms with Crippen LogP contribution in [0.25, 0.3) is 0 Å². The van der Waals surface area contributed by atoms with Crippen LogP contribution in [0.2, 0.25) is 0 Å². The van der Waals surface area contributed by atoms with Gasteiger partial charge in [0.2, 0.25) is 0 Å². The molecule has 0 saturated carbocycles. The van der Waals surface area contributed by atoms with Crippen molar-refractivity contribution in [1.29, 1.82) is 0 Å². The van der Waals surface area contributed by atoms with Gasteiger partial charge in [-0.05, 0) is 43.5 Å². The molecule has 1 unspecified atom stereocenters. The van der Waals surface area contributed by atoms with Crippen molar-refractivity contribution >= 4 is 17.7 Å². The Bertz CT molecular complexity index is 533. The fourth-order valence-electron chi connectivity index (χ4n) is 2.47. The zero-order valence-electron chi connectivity index (χ0n) is 11.2. The third-order valence-electron chi connectivity index (χ3n) is 3.48. The molecule has 0 bridgehead atoms. The van der Waals surface area contributed by atoms with Crippen LogP contribution in [0.5, 0.6) is 0 Å². The number of hydrogen-bond acceptors (Lipinski definition) is 2. The SMILES string of the molecule is Cc1cc(F)ccc1NC(=O)N1CCCC1CC(=O)O. The Kier molecular flexibility index (Phi) is 4.22. The molecule has 1 saturated heterocycles. The van der Waals surface area contributed by atoms with E-state index in [-0.39, 0.29) is 24.3 Å². The number of carboxylic acid groups (broad SMARTS) is 1. The molecule has 2 amide bonds. The Morgan fingerprint density at radius 3 is 2.90 bits per heavy atom. The molecule has 1 aromatic carbocycles. The Morgan fingerprint density at radius 1 is 1.50 bits per heavy atom. The van der Waals surface area contributed by atoms with Gasteiger partial charge in [0.15, 0.2) is 0 Å². The molecule has 1 fully saturated rings. The van der Waals surface area contributed by atoms with E-state index in [2.05, 4.69) is 5.32 Å². The van der Waals surface area contributed by atoms with E-state index in [1.807, 2.05) is 0 Å². The number of rotatable bonds is 3. The van der Waals surface area contributed by atoms with Gasteiger partial charge in [0, 0.05) is 18.3 Å². The van der Waals surface area contributed by atoms with Crippen molar-refractivity contribution in [1.82, 2.24) is 4.90 Å². The summed E-state index contributed by atoms with van der Waals surface area (Å²) in [5.74, 6) is -1.27. The molecule has 1 atom stereocenters. The Balaban J connectivity index is 2.05. The van der Waals surface area contributed by atoms with E-state index < -0.39 is 5.97 Å². The summed E-state index contributed by atoms with van der Waals surface area (Å²) in [4.78, 5) is 24.5. The Morgan fingerprint density at radius 2 is 2.25 bits per heavy atom. The number of aryl methyl sites for hydroxylation is 1. The zero-order chi connectivity index (χ0) is 14.7. The number of nitrogens with zero attached hydrogens (tertiary/aromatic N) is 1. The topological polar surface area (TPSA) is 69.6 Å². The number of carboxylic acids is 1. The normalized spacial score (nSPS) is 18.1. The summed E-state index contributed by atoms with van der Waals surface area (Å²) in [5, 5.41) is 11.5. The number of halogens is 1. The first kappa shape index (κ1) is 14.3. The molecule has 1 aliphatic heterocycles. The highest BCUT2D eigenvalue weighted by Crippen LogP contribution is 2.22. The molecular formula is C14H17FN2O3. The third kappa shape index (κ3) is 3.26. The van der Waals surface area contributed by atoms with Crippen molar-refractivity contribution in [2.45, 2.75) is 32.2 Å². The van der Waals surface area contributed by atoms with Crippen molar-refractivity contribution in [2.75, 3.05) is 11.9 Å². The predicted molar refractivity (Wildman–Crippen MR) is 72.1 cm³/mol. The first-order chi connectivity index (χ1) is 9.47. The molecule has 1 aromatic rings. The van der Waals surface area contributed by atoms with Crippen LogP contribution >= 0.6 is 0 Å². The number of carbonyl (C=O) groups excluding carboxylic acids is 1. The van der Waals surface area contributed by atoms with Crippen molar-refractivity contribution in [3.05, 3.63) is 29.6 Å². The Hall–Kier alpha value is -2.11. The molecule has 0 aromatic heterocycles. The molecule has 2 N–H and O–H groups in total. The van der Waals surface area contributed by atoms with E-state index in [0.717, 1.165) is 6.42 Å². The largest absolute Gasteiger partial charge is 0.481 e. The molecule has 0 spiro atoms. The third-order valence-corrected chi connectivity index (χ3v) is 3.48. The van der Waals surface area contributed by atoms with Gasteiger partial charge in [0.05, 0.1) is 6.42 Å². The van der Waals surface area contributed by atoms with Crippen LogP contribution in [-0.2, 0) is 4.79 Å². The number of urea groups is 1. The zero-order valence-corrected chi connectivity index (χ0v) is 11.2. The van der Waals surface area contributed by atoms with Crippen LogP contribution in [-0.4, -0.2) is 34.6 Å². The van der Waals surface area contributed by atoms with Gasteiger partial charge in [-0.3, -0.25) is 4.79 Å². The van der Waals surface area contributed by atoms with Gasteiger partial charge in [0.1, 0.15) is 5.82 Å². The van der Waals surface area contributed by atoms with Gasteiger partial charge in [-0.15, -0.1) is 0 Å². The summed E-state index contributed by atoms with van der Waals surface area (Å²) >= 11 is 0. The number of anilines is 1. The van der Waals surface area contributed by atoms with Crippen LogP contribution < -0.4 is 5.32 Å². The van der Waals surface area contributed by atoms with E-state index in [1.54, 1.807) is 6.92 Å². The number of carbonyl (C=O) groups is 2. The number of nitrogens with one attached hydrogen (secondary N) is 1. The quantitative estimate of drug-likeness (QED) is 0.894.